The normalized spacial score (nSPS) is 10.5. The minimum atomic E-state index is -0.223. The largest absolute Gasteiger partial charge is 0.368 e. The van der Waals surface area contributed by atoms with E-state index in [2.05, 4.69) is 22.3 Å². The number of nitrogens with two attached hydrogens (primary N) is 1. The third-order valence-electron chi connectivity index (χ3n) is 3.15. The van der Waals surface area contributed by atoms with Crippen LogP contribution in [0.1, 0.15) is 15.9 Å². The topological polar surface area (TPSA) is 73.8 Å². The van der Waals surface area contributed by atoms with E-state index in [4.69, 9.17) is 5.73 Å². The Morgan fingerprint density at radius 3 is 2.55 bits per heavy atom. The summed E-state index contributed by atoms with van der Waals surface area (Å²) in [5, 5.41) is 7.30. The molecule has 0 fully saturated rings. The molecule has 2 aromatic carbocycles. The zero-order valence-electron chi connectivity index (χ0n) is 11.7. The van der Waals surface area contributed by atoms with Crippen LogP contribution in [0.2, 0.25) is 0 Å². The number of anilines is 1. The number of carbonyl (C=O) groups is 1. The van der Waals surface area contributed by atoms with Gasteiger partial charge in [0.25, 0.3) is 5.91 Å². The van der Waals surface area contributed by atoms with Crippen molar-refractivity contribution >= 4 is 23.6 Å². The maximum atomic E-state index is 12.6. The van der Waals surface area contributed by atoms with Crippen molar-refractivity contribution in [1.82, 2.24) is 14.8 Å². The lowest BCUT2D eigenvalue weighted by Gasteiger charge is -2.09. The van der Waals surface area contributed by atoms with E-state index in [0.717, 1.165) is 10.6 Å². The third kappa shape index (κ3) is 3.01. The van der Waals surface area contributed by atoms with E-state index in [1.54, 1.807) is 17.8 Å². The zero-order chi connectivity index (χ0) is 15.4. The van der Waals surface area contributed by atoms with Gasteiger partial charge in [0.05, 0.1) is 5.56 Å². The Balaban J connectivity index is 1.84. The van der Waals surface area contributed by atoms with Gasteiger partial charge in [0.2, 0.25) is 5.95 Å². The Kier molecular flexibility index (Phi) is 4.20. The van der Waals surface area contributed by atoms with E-state index >= 15 is 0 Å². The molecule has 3 rings (SSSR count). The first kappa shape index (κ1) is 14.3. The van der Waals surface area contributed by atoms with Crippen molar-refractivity contribution in [2.24, 2.45) is 0 Å². The average Bonchev–Trinajstić information content (AvgIpc) is 2.99. The van der Waals surface area contributed by atoms with Gasteiger partial charge in [-0.05, 0) is 17.7 Å². The molecule has 1 aromatic heterocycles. The highest BCUT2D eigenvalue weighted by Gasteiger charge is 2.16. The van der Waals surface area contributed by atoms with E-state index in [1.807, 2.05) is 36.4 Å². The van der Waals surface area contributed by atoms with E-state index < -0.39 is 0 Å². The van der Waals surface area contributed by atoms with Crippen molar-refractivity contribution in [3.8, 4) is 0 Å². The molecule has 3 aromatic rings. The first-order valence-corrected chi connectivity index (χ1v) is 7.70. The number of nitrogens with zero attached hydrogens (tertiary/aromatic N) is 3. The van der Waals surface area contributed by atoms with Gasteiger partial charge in [-0.3, -0.25) is 4.79 Å². The quantitative estimate of drug-likeness (QED) is 0.750. The van der Waals surface area contributed by atoms with Crippen molar-refractivity contribution in [2.45, 2.75) is 10.6 Å². The fraction of sp³-hybridized carbons (Fsp3) is 0.0625. The standard InChI is InChI=1S/C16H14N4OS/c17-16-19-18-11-20(16)15(21)13-8-4-5-9-14(13)22-10-12-6-2-1-3-7-12/h1-9,11H,10H2,(H2,17,19). The Hall–Kier alpha value is -2.60. The van der Waals surface area contributed by atoms with Crippen LogP contribution in [0.15, 0.2) is 65.8 Å². The van der Waals surface area contributed by atoms with Crippen molar-refractivity contribution in [3.05, 3.63) is 72.1 Å². The molecule has 0 aliphatic carbocycles. The average molecular weight is 310 g/mol. The van der Waals surface area contributed by atoms with Crippen LogP contribution in [0.5, 0.6) is 0 Å². The monoisotopic (exact) mass is 310 g/mol. The number of nitrogen functional groups attached to an aromatic ring is 1. The van der Waals surface area contributed by atoms with Gasteiger partial charge in [0.15, 0.2) is 0 Å². The molecule has 0 aliphatic heterocycles. The molecule has 0 atom stereocenters. The molecule has 1 heterocycles. The Bertz CT molecular complexity index is 786. The van der Waals surface area contributed by atoms with Gasteiger partial charge in [-0.15, -0.1) is 22.0 Å². The fourth-order valence-corrected chi connectivity index (χ4v) is 3.03. The van der Waals surface area contributed by atoms with Gasteiger partial charge in [-0.2, -0.15) is 0 Å². The lowest BCUT2D eigenvalue weighted by atomic mass is 10.2. The highest BCUT2D eigenvalue weighted by molar-refractivity contribution is 7.98. The number of benzene rings is 2. The summed E-state index contributed by atoms with van der Waals surface area (Å²) < 4.78 is 1.25. The fourth-order valence-electron chi connectivity index (χ4n) is 2.03. The molecule has 0 saturated heterocycles. The summed E-state index contributed by atoms with van der Waals surface area (Å²) in [4.78, 5) is 13.5. The van der Waals surface area contributed by atoms with Gasteiger partial charge in [0.1, 0.15) is 6.33 Å². The van der Waals surface area contributed by atoms with Gasteiger partial charge >= 0.3 is 0 Å². The second kappa shape index (κ2) is 6.44. The van der Waals surface area contributed by atoms with Crippen molar-refractivity contribution in [3.63, 3.8) is 0 Å². The van der Waals surface area contributed by atoms with Crippen LogP contribution in [0.25, 0.3) is 0 Å². The first-order valence-electron chi connectivity index (χ1n) is 6.71. The summed E-state index contributed by atoms with van der Waals surface area (Å²) in [6.07, 6.45) is 1.33. The van der Waals surface area contributed by atoms with E-state index in [0.29, 0.717) is 5.56 Å². The number of thioether (sulfide) groups is 1. The summed E-state index contributed by atoms with van der Waals surface area (Å²) in [5.74, 6) is 0.662. The van der Waals surface area contributed by atoms with Crippen LogP contribution < -0.4 is 5.73 Å². The molecule has 0 unspecified atom stereocenters. The molecule has 110 valence electrons. The van der Waals surface area contributed by atoms with E-state index in [-0.39, 0.29) is 11.9 Å². The number of hydrogen-bond acceptors (Lipinski definition) is 5. The first-order chi connectivity index (χ1) is 10.8. The van der Waals surface area contributed by atoms with Crippen molar-refractivity contribution < 1.29 is 4.79 Å². The highest BCUT2D eigenvalue weighted by Crippen LogP contribution is 2.27. The van der Waals surface area contributed by atoms with Gasteiger partial charge in [0, 0.05) is 10.6 Å². The van der Waals surface area contributed by atoms with Gasteiger partial charge < -0.3 is 5.73 Å². The minimum absolute atomic E-state index is 0.0906. The molecule has 0 aliphatic rings. The molecule has 5 nitrogen and oxygen atoms in total. The van der Waals surface area contributed by atoms with Crippen LogP contribution in [0, 0.1) is 0 Å². The van der Waals surface area contributed by atoms with Gasteiger partial charge in [-0.1, -0.05) is 42.5 Å². The Morgan fingerprint density at radius 1 is 1.09 bits per heavy atom. The third-order valence-corrected chi connectivity index (χ3v) is 4.29. The van der Waals surface area contributed by atoms with Crippen LogP contribution in [-0.2, 0) is 5.75 Å². The molecular weight excluding hydrogens is 296 g/mol. The smallest absolute Gasteiger partial charge is 0.267 e. The lowest BCUT2D eigenvalue weighted by Crippen LogP contribution is -2.14. The maximum Gasteiger partial charge on any atom is 0.267 e. The molecule has 22 heavy (non-hydrogen) atoms. The zero-order valence-corrected chi connectivity index (χ0v) is 12.5. The second-order valence-electron chi connectivity index (χ2n) is 4.63. The SMILES string of the molecule is Nc1nncn1C(=O)c1ccccc1SCc1ccccc1. The van der Waals surface area contributed by atoms with E-state index in [1.165, 1.54) is 16.5 Å². The van der Waals surface area contributed by atoms with Gasteiger partial charge in [-0.25, -0.2) is 4.57 Å². The van der Waals surface area contributed by atoms with E-state index in [9.17, 15) is 4.79 Å². The molecule has 0 radical (unpaired) electrons. The molecule has 0 amide bonds. The summed E-state index contributed by atoms with van der Waals surface area (Å²) in [5.41, 5.74) is 7.46. The molecule has 2 N–H and O–H groups in total. The summed E-state index contributed by atoms with van der Waals surface area (Å²) in [6, 6.07) is 17.6. The molecule has 0 bridgehead atoms. The predicted molar refractivity (Wildman–Crippen MR) is 86.6 cm³/mol. The summed E-state index contributed by atoms with van der Waals surface area (Å²) >= 11 is 1.62. The number of carbonyl (C=O) groups excluding carboxylic acids is 1. The number of rotatable bonds is 4. The minimum Gasteiger partial charge on any atom is -0.368 e. The van der Waals surface area contributed by atoms with Crippen LogP contribution in [-0.4, -0.2) is 20.7 Å². The predicted octanol–water partition coefficient (Wildman–Crippen LogP) is 2.84. The second-order valence-corrected chi connectivity index (χ2v) is 5.65. The number of hydrogen-bond donors (Lipinski definition) is 1. The summed E-state index contributed by atoms with van der Waals surface area (Å²) in [7, 11) is 0. The van der Waals surface area contributed by atoms with Crippen molar-refractivity contribution in [2.75, 3.05) is 5.73 Å². The molecule has 0 saturated carbocycles. The lowest BCUT2D eigenvalue weighted by molar-refractivity contribution is 0.0959. The van der Waals surface area contributed by atoms with Crippen LogP contribution in [0.4, 0.5) is 5.95 Å². The Labute approximate surface area is 132 Å². The Morgan fingerprint density at radius 2 is 1.82 bits per heavy atom. The maximum absolute atomic E-state index is 12.6. The highest BCUT2D eigenvalue weighted by atomic mass is 32.2. The number of aromatic nitrogens is 3. The molecule has 0 spiro atoms. The van der Waals surface area contributed by atoms with Crippen LogP contribution >= 0.6 is 11.8 Å². The molecular formula is C16H14N4OS. The molecule has 6 heteroatoms. The van der Waals surface area contributed by atoms with Crippen molar-refractivity contribution in [1.29, 1.82) is 0 Å². The van der Waals surface area contributed by atoms with Crippen LogP contribution in [0.3, 0.4) is 0 Å². The summed E-state index contributed by atoms with van der Waals surface area (Å²) in [6.45, 7) is 0.